The van der Waals surface area contributed by atoms with Crippen molar-refractivity contribution < 1.29 is 0 Å². The van der Waals surface area contributed by atoms with Gasteiger partial charge in [-0.3, -0.25) is 0 Å². The predicted molar refractivity (Wildman–Crippen MR) is 114 cm³/mol. The van der Waals surface area contributed by atoms with Crippen LogP contribution in [-0.2, 0) is 0 Å². The van der Waals surface area contributed by atoms with E-state index in [9.17, 15) is 0 Å². The number of hydrogen-bond donors (Lipinski definition) is 0. The molecule has 1 aliphatic carbocycles. The van der Waals surface area contributed by atoms with Gasteiger partial charge in [0.15, 0.2) is 17.5 Å². The zero-order valence-electron chi connectivity index (χ0n) is 15.2. The summed E-state index contributed by atoms with van der Waals surface area (Å²) in [6, 6.07) is 7.92. The average molecular weight is 416 g/mol. The van der Waals surface area contributed by atoms with Crippen molar-refractivity contribution in [1.29, 1.82) is 0 Å². The summed E-state index contributed by atoms with van der Waals surface area (Å²) in [7, 11) is 0. The van der Waals surface area contributed by atoms with Gasteiger partial charge in [0.1, 0.15) is 0 Å². The van der Waals surface area contributed by atoms with Gasteiger partial charge in [0, 0.05) is 15.6 Å². The van der Waals surface area contributed by atoms with Crippen LogP contribution >= 0.6 is 15.9 Å². The highest BCUT2D eigenvalue weighted by Gasteiger charge is 2.13. The third-order valence-corrected chi connectivity index (χ3v) is 4.24. The SMILES string of the molecule is CC=C=C/C(=C\CC)c1nc(C2=C=C=CC=C2)nc(-c2ccc(Br)cc2)n1. The zero-order valence-corrected chi connectivity index (χ0v) is 16.8. The second kappa shape index (κ2) is 9.09. The van der Waals surface area contributed by atoms with Crippen molar-refractivity contribution in [1.82, 2.24) is 15.0 Å². The standard InChI is InChI=1S/C23H18BrN3/c1-3-5-10-17(9-4-2)21-25-22(18-11-7-6-8-12-18)27-23(26-21)19-13-15-20(24)16-14-19/h3,6-7,9-11,13-16H,4H2,1-2H3/b17-9+. The van der Waals surface area contributed by atoms with Crippen LogP contribution in [0.1, 0.15) is 31.9 Å². The summed E-state index contributed by atoms with van der Waals surface area (Å²) in [6.07, 6.45) is 12.3. The van der Waals surface area contributed by atoms with E-state index in [2.05, 4.69) is 56.1 Å². The summed E-state index contributed by atoms with van der Waals surface area (Å²) in [5.74, 6) is 1.81. The van der Waals surface area contributed by atoms with Gasteiger partial charge >= 0.3 is 0 Å². The molecule has 0 amide bonds. The minimum Gasteiger partial charge on any atom is -0.208 e. The smallest absolute Gasteiger partial charge is 0.172 e. The molecule has 1 heterocycles. The maximum atomic E-state index is 4.72. The highest BCUT2D eigenvalue weighted by Crippen LogP contribution is 2.23. The molecule has 0 unspecified atom stereocenters. The van der Waals surface area contributed by atoms with E-state index in [1.807, 2.05) is 55.5 Å². The van der Waals surface area contributed by atoms with E-state index in [1.54, 1.807) is 6.08 Å². The van der Waals surface area contributed by atoms with E-state index >= 15 is 0 Å². The molecule has 132 valence electrons. The Bertz CT molecular complexity index is 1070. The summed E-state index contributed by atoms with van der Waals surface area (Å²) in [5.41, 5.74) is 11.8. The molecule has 0 bridgehead atoms. The summed E-state index contributed by atoms with van der Waals surface area (Å²) >= 11 is 3.47. The molecular weight excluding hydrogens is 398 g/mol. The van der Waals surface area contributed by atoms with Gasteiger partial charge in [-0.25, -0.2) is 15.0 Å². The molecule has 0 atom stereocenters. The summed E-state index contributed by atoms with van der Waals surface area (Å²) in [6.45, 7) is 4.02. The van der Waals surface area contributed by atoms with Crippen LogP contribution in [0, 0.1) is 0 Å². The van der Waals surface area contributed by atoms with Crippen molar-refractivity contribution in [2.75, 3.05) is 0 Å². The van der Waals surface area contributed by atoms with E-state index in [-0.39, 0.29) is 0 Å². The Labute approximate surface area is 167 Å². The zero-order chi connectivity index (χ0) is 19.1. The van der Waals surface area contributed by atoms with Crippen LogP contribution in [-0.4, -0.2) is 15.0 Å². The molecule has 4 heteroatoms. The average Bonchev–Trinajstić information content (AvgIpc) is 2.72. The minimum absolute atomic E-state index is 0.575. The molecular formula is C23H18BrN3. The molecule has 3 nitrogen and oxygen atoms in total. The Morgan fingerprint density at radius 2 is 1.93 bits per heavy atom. The van der Waals surface area contributed by atoms with Crippen molar-refractivity contribution in [2.24, 2.45) is 0 Å². The van der Waals surface area contributed by atoms with E-state index in [0.717, 1.165) is 27.6 Å². The van der Waals surface area contributed by atoms with Gasteiger partial charge in [0.05, 0.1) is 5.57 Å². The second-order valence-electron chi connectivity index (χ2n) is 5.69. The molecule has 1 aliphatic rings. The van der Waals surface area contributed by atoms with Crippen LogP contribution < -0.4 is 0 Å². The number of nitrogens with zero attached hydrogens (tertiary/aromatic N) is 3. The quantitative estimate of drug-likeness (QED) is 0.437. The van der Waals surface area contributed by atoms with Gasteiger partial charge in [-0.2, -0.15) is 0 Å². The molecule has 0 saturated heterocycles. The predicted octanol–water partition coefficient (Wildman–Crippen LogP) is 6.09. The maximum absolute atomic E-state index is 4.72. The number of aromatic nitrogens is 3. The Morgan fingerprint density at radius 1 is 1.15 bits per heavy atom. The Morgan fingerprint density at radius 3 is 2.59 bits per heavy atom. The number of benzene rings is 1. The molecule has 1 aromatic carbocycles. The Hall–Kier alpha value is -2.99. The lowest BCUT2D eigenvalue weighted by Gasteiger charge is -2.08. The van der Waals surface area contributed by atoms with Gasteiger partial charge in [-0.05, 0) is 49.8 Å². The fourth-order valence-electron chi connectivity index (χ4n) is 2.45. The van der Waals surface area contributed by atoms with Crippen LogP contribution in [0.25, 0.3) is 22.5 Å². The van der Waals surface area contributed by atoms with Crippen LogP contribution in [0.2, 0.25) is 0 Å². The first-order valence-corrected chi connectivity index (χ1v) is 9.49. The van der Waals surface area contributed by atoms with E-state index in [4.69, 9.17) is 4.98 Å². The lowest BCUT2D eigenvalue weighted by atomic mass is 10.1. The molecule has 2 aromatic rings. The molecule has 27 heavy (non-hydrogen) atoms. The third kappa shape index (κ3) is 4.80. The van der Waals surface area contributed by atoms with Gasteiger partial charge < -0.3 is 0 Å². The van der Waals surface area contributed by atoms with Crippen LogP contribution in [0.4, 0.5) is 0 Å². The third-order valence-electron chi connectivity index (χ3n) is 3.72. The van der Waals surface area contributed by atoms with E-state index in [0.29, 0.717) is 17.5 Å². The first kappa shape index (κ1) is 18.8. The van der Waals surface area contributed by atoms with Gasteiger partial charge in [-0.15, -0.1) is 5.73 Å². The number of hydrogen-bond acceptors (Lipinski definition) is 3. The molecule has 0 spiro atoms. The molecule has 0 aliphatic heterocycles. The lowest BCUT2D eigenvalue weighted by molar-refractivity contribution is 1.00. The van der Waals surface area contributed by atoms with Gasteiger partial charge in [0.25, 0.3) is 0 Å². The van der Waals surface area contributed by atoms with Crippen LogP contribution in [0.15, 0.2) is 82.4 Å². The summed E-state index contributed by atoms with van der Waals surface area (Å²) < 4.78 is 1.01. The molecule has 1 aromatic heterocycles. The fourth-order valence-corrected chi connectivity index (χ4v) is 2.71. The highest BCUT2D eigenvalue weighted by molar-refractivity contribution is 9.10. The molecule has 3 rings (SSSR count). The van der Waals surface area contributed by atoms with Crippen molar-refractivity contribution in [2.45, 2.75) is 20.3 Å². The second-order valence-corrected chi connectivity index (χ2v) is 6.60. The van der Waals surface area contributed by atoms with E-state index < -0.39 is 0 Å². The normalized spacial score (nSPS) is 12.6. The molecule has 0 radical (unpaired) electrons. The molecule has 0 fully saturated rings. The fraction of sp³-hybridized carbons (Fsp3) is 0.130. The van der Waals surface area contributed by atoms with Crippen molar-refractivity contribution in [3.63, 3.8) is 0 Å². The van der Waals surface area contributed by atoms with Crippen molar-refractivity contribution in [3.8, 4) is 11.4 Å². The molecule has 0 saturated carbocycles. The largest absolute Gasteiger partial charge is 0.208 e. The number of allylic oxidation sites excluding steroid dienone is 7. The first-order valence-electron chi connectivity index (χ1n) is 8.69. The highest BCUT2D eigenvalue weighted by atomic mass is 79.9. The van der Waals surface area contributed by atoms with E-state index in [1.165, 1.54) is 0 Å². The number of halogens is 1. The van der Waals surface area contributed by atoms with Crippen molar-refractivity contribution in [3.05, 3.63) is 94.0 Å². The maximum Gasteiger partial charge on any atom is 0.172 e. The minimum atomic E-state index is 0.575. The Balaban J connectivity index is 2.22. The summed E-state index contributed by atoms with van der Waals surface area (Å²) in [4.78, 5) is 14.1. The van der Waals surface area contributed by atoms with Gasteiger partial charge in [0.2, 0.25) is 0 Å². The molecule has 0 N–H and O–H groups in total. The van der Waals surface area contributed by atoms with Crippen LogP contribution in [0.5, 0.6) is 0 Å². The van der Waals surface area contributed by atoms with Crippen LogP contribution in [0.3, 0.4) is 0 Å². The Kier molecular flexibility index (Phi) is 6.33. The number of rotatable bonds is 5. The summed E-state index contributed by atoms with van der Waals surface area (Å²) in [5, 5.41) is 0. The monoisotopic (exact) mass is 415 g/mol. The first-order chi connectivity index (χ1) is 13.2. The topological polar surface area (TPSA) is 38.7 Å². The van der Waals surface area contributed by atoms with Gasteiger partial charge in [-0.1, -0.05) is 58.6 Å². The van der Waals surface area contributed by atoms with Crippen molar-refractivity contribution >= 4 is 27.1 Å². The lowest BCUT2D eigenvalue weighted by Crippen LogP contribution is -2.04.